The Morgan fingerprint density at radius 1 is 1.00 bits per heavy atom. The van der Waals surface area contributed by atoms with Gasteiger partial charge in [0, 0.05) is 19.1 Å². The lowest BCUT2D eigenvalue weighted by molar-refractivity contribution is -0.143. The number of nitrogens with two attached hydrogens (primary N) is 2. The fourth-order valence-electron chi connectivity index (χ4n) is 5.00. The molecule has 1 saturated heterocycles. The number of carbonyl (C=O) groups excluding carboxylic acids is 4. The number of amides is 4. The van der Waals surface area contributed by atoms with Crippen molar-refractivity contribution in [3.63, 3.8) is 0 Å². The highest BCUT2D eigenvalue weighted by molar-refractivity contribution is 5.93. The lowest BCUT2D eigenvalue weighted by atomic mass is 9.99. The second-order valence-electron chi connectivity index (χ2n) is 11.4. The van der Waals surface area contributed by atoms with E-state index in [9.17, 15) is 19.2 Å². The van der Waals surface area contributed by atoms with Gasteiger partial charge in [0.2, 0.25) is 17.7 Å². The number of carbonyl (C=O) groups is 4. The van der Waals surface area contributed by atoms with Crippen molar-refractivity contribution < 1.29 is 23.9 Å². The predicted octanol–water partition coefficient (Wildman–Crippen LogP) is 1.83. The van der Waals surface area contributed by atoms with Gasteiger partial charge in [0.25, 0.3) is 0 Å². The van der Waals surface area contributed by atoms with E-state index in [-0.39, 0.29) is 55.9 Å². The zero-order valence-electron chi connectivity index (χ0n) is 25.5. The molecule has 1 heterocycles. The average Bonchev–Trinajstić information content (AvgIpc) is 3.00. The standard InChI is InChI=1S/C32H45N7O5/c1-22(2)18-27(30(42)39-19-25(36-28(40)20-39)16-15-23-10-5-3-6-11-23)37-29(41)26(14-9-17-35-31(33)34)38-32(43)44-21-24-12-7-4-8-13-24/h3-8,10-13,22,25-27H,9,14-21H2,1-2H3,(H,36,40)(H,37,41)(H,38,43)(H4,33,34,35)/t25?,26-,27-/m0/s1. The van der Waals surface area contributed by atoms with Gasteiger partial charge < -0.3 is 37.1 Å². The van der Waals surface area contributed by atoms with Gasteiger partial charge in [-0.2, -0.15) is 0 Å². The molecule has 4 amide bonds. The van der Waals surface area contributed by atoms with Crippen molar-refractivity contribution in [3.8, 4) is 0 Å². The van der Waals surface area contributed by atoms with Gasteiger partial charge in [-0.15, -0.1) is 0 Å². The minimum absolute atomic E-state index is 0.0337. The van der Waals surface area contributed by atoms with E-state index in [1.807, 2.05) is 74.5 Å². The van der Waals surface area contributed by atoms with E-state index < -0.39 is 24.1 Å². The molecule has 1 fully saturated rings. The molecule has 0 spiro atoms. The number of guanidine groups is 1. The molecule has 238 valence electrons. The smallest absolute Gasteiger partial charge is 0.408 e. The zero-order chi connectivity index (χ0) is 31.9. The largest absolute Gasteiger partial charge is 0.445 e. The van der Waals surface area contributed by atoms with E-state index in [0.29, 0.717) is 25.8 Å². The highest BCUT2D eigenvalue weighted by atomic mass is 16.5. The third-order valence-electron chi connectivity index (χ3n) is 7.16. The maximum Gasteiger partial charge on any atom is 0.408 e. The third-order valence-corrected chi connectivity index (χ3v) is 7.16. The summed E-state index contributed by atoms with van der Waals surface area (Å²) in [5, 5.41) is 8.45. The number of alkyl carbamates (subject to hydrolysis) is 1. The number of hydrogen-bond acceptors (Lipinski definition) is 6. The molecule has 44 heavy (non-hydrogen) atoms. The second kappa shape index (κ2) is 17.5. The predicted molar refractivity (Wildman–Crippen MR) is 168 cm³/mol. The van der Waals surface area contributed by atoms with Crippen LogP contribution in [0.2, 0.25) is 0 Å². The number of ether oxygens (including phenoxy) is 1. The highest BCUT2D eigenvalue weighted by Gasteiger charge is 2.34. The van der Waals surface area contributed by atoms with Crippen LogP contribution in [-0.2, 0) is 32.1 Å². The van der Waals surface area contributed by atoms with Gasteiger partial charge in [0.1, 0.15) is 18.7 Å². The summed E-state index contributed by atoms with van der Waals surface area (Å²) in [4.78, 5) is 58.0. The highest BCUT2D eigenvalue weighted by Crippen LogP contribution is 2.14. The van der Waals surface area contributed by atoms with Crippen LogP contribution in [0.5, 0.6) is 0 Å². The van der Waals surface area contributed by atoms with Crippen LogP contribution in [-0.4, -0.2) is 72.4 Å². The van der Waals surface area contributed by atoms with E-state index in [0.717, 1.165) is 17.5 Å². The summed E-state index contributed by atoms with van der Waals surface area (Å²) in [5.41, 5.74) is 12.8. The van der Waals surface area contributed by atoms with Crippen molar-refractivity contribution in [2.24, 2.45) is 22.4 Å². The van der Waals surface area contributed by atoms with Crippen LogP contribution in [0, 0.1) is 5.92 Å². The summed E-state index contributed by atoms with van der Waals surface area (Å²) in [5.74, 6) is -1.11. The van der Waals surface area contributed by atoms with Crippen molar-refractivity contribution in [2.45, 2.75) is 70.7 Å². The minimum Gasteiger partial charge on any atom is -0.445 e. The summed E-state index contributed by atoms with van der Waals surface area (Å²) in [6.07, 6.45) is 1.63. The normalized spacial score (nSPS) is 15.9. The monoisotopic (exact) mass is 607 g/mol. The number of rotatable bonds is 15. The summed E-state index contributed by atoms with van der Waals surface area (Å²) in [7, 11) is 0. The molecule has 12 heteroatoms. The minimum atomic E-state index is -1.00. The van der Waals surface area contributed by atoms with Crippen LogP contribution in [0.15, 0.2) is 65.7 Å². The number of nitrogens with zero attached hydrogens (tertiary/aromatic N) is 2. The van der Waals surface area contributed by atoms with Crippen molar-refractivity contribution in [1.29, 1.82) is 0 Å². The van der Waals surface area contributed by atoms with Gasteiger partial charge in [-0.05, 0) is 49.1 Å². The Hall–Kier alpha value is -4.61. The molecule has 7 N–H and O–H groups in total. The quantitative estimate of drug-likeness (QED) is 0.116. The lowest BCUT2D eigenvalue weighted by Crippen LogP contribution is -2.61. The van der Waals surface area contributed by atoms with Crippen LogP contribution in [0.4, 0.5) is 4.79 Å². The Labute approximate surface area is 259 Å². The Kier molecular flexibility index (Phi) is 13.5. The van der Waals surface area contributed by atoms with Crippen LogP contribution in [0.3, 0.4) is 0 Å². The first kappa shape index (κ1) is 33.9. The molecule has 1 aliphatic heterocycles. The van der Waals surface area contributed by atoms with Crippen molar-refractivity contribution in [2.75, 3.05) is 19.6 Å². The number of nitrogens with one attached hydrogen (secondary N) is 3. The molecular formula is C32H45N7O5. The molecule has 3 atom stereocenters. The summed E-state index contributed by atoms with van der Waals surface area (Å²) >= 11 is 0. The van der Waals surface area contributed by atoms with Gasteiger partial charge in [0.05, 0.1) is 6.54 Å². The van der Waals surface area contributed by atoms with Crippen molar-refractivity contribution in [1.82, 2.24) is 20.9 Å². The topological polar surface area (TPSA) is 181 Å². The molecule has 2 aromatic carbocycles. The van der Waals surface area contributed by atoms with E-state index in [2.05, 4.69) is 20.9 Å². The second-order valence-corrected chi connectivity index (χ2v) is 11.4. The average molecular weight is 608 g/mol. The molecule has 0 radical (unpaired) electrons. The Morgan fingerprint density at radius 2 is 1.66 bits per heavy atom. The molecule has 12 nitrogen and oxygen atoms in total. The van der Waals surface area contributed by atoms with Crippen LogP contribution < -0.4 is 27.4 Å². The fraction of sp³-hybridized carbons (Fsp3) is 0.469. The van der Waals surface area contributed by atoms with E-state index >= 15 is 0 Å². The van der Waals surface area contributed by atoms with Gasteiger partial charge in [-0.25, -0.2) is 4.79 Å². The molecule has 3 rings (SSSR count). The molecule has 0 bridgehead atoms. The lowest BCUT2D eigenvalue weighted by Gasteiger charge is -2.36. The van der Waals surface area contributed by atoms with Gasteiger partial charge in [-0.1, -0.05) is 74.5 Å². The first-order valence-electron chi connectivity index (χ1n) is 15.1. The molecule has 1 unspecified atom stereocenters. The Bertz CT molecular complexity index is 1250. The molecular weight excluding hydrogens is 562 g/mol. The number of hydrogen-bond donors (Lipinski definition) is 5. The summed E-state index contributed by atoms with van der Waals surface area (Å²) in [6, 6.07) is 17.0. The third kappa shape index (κ3) is 11.9. The molecule has 0 saturated carbocycles. The maximum atomic E-state index is 13.7. The Morgan fingerprint density at radius 3 is 2.30 bits per heavy atom. The fourth-order valence-corrected chi connectivity index (χ4v) is 5.00. The van der Waals surface area contributed by atoms with Crippen LogP contribution in [0.1, 0.15) is 50.7 Å². The first-order valence-corrected chi connectivity index (χ1v) is 15.1. The first-order chi connectivity index (χ1) is 21.1. The number of benzene rings is 2. The number of piperazine rings is 1. The van der Waals surface area contributed by atoms with E-state index in [1.54, 1.807) is 0 Å². The van der Waals surface area contributed by atoms with E-state index in [1.165, 1.54) is 4.90 Å². The van der Waals surface area contributed by atoms with Crippen molar-refractivity contribution in [3.05, 3.63) is 71.8 Å². The SMILES string of the molecule is CC(C)C[C@H](NC(=O)[C@H](CCCN=C(N)N)NC(=O)OCc1ccccc1)C(=O)N1CC(=O)NC(CCc2ccccc2)C1. The van der Waals surface area contributed by atoms with Crippen LogP contribution in [0.25, 0.3) is 0 Å². The van der Waals surface area contributed by atoms with Gasteiger partial charge in [0.15, 0.2) is 5.96 Å². The Balaban J connectivity index is 1.66. The molecule has 0 aliphatic carbocycles. The molecule has 1 aliphatic rings. The molecule has 0 aromatic heterocycles. The molecule has 2 aromatic rings. The van der Waals surface area contributed by atoms with Crippen LogP contribution >= 0.6 is 0 Å². The number of aryl methyl sites for hydroxylation is 1. The van der Waals surface area contributed by atoms with Gasteiger partial charge >= 0.3 is 6.09 Å². The summed E-state index contributed by atoms with van der Waals surface area (Å²) in [6.45, 7) is 4.44. The van der Waals surface area contributed by atoms with Crippen molar-refractivity contribution >= 4 is 29.8 Å². The van der Waals surface area contributed by atoms with E-state index in [4.69, 9.17) is 16.2 Å². The number of aliphatic imine (C=N–C) groups is 1. The summed E-state index contributed by atoms with van der Waals surface area (Å²) < 4.78 is 5.33. The zero-order valence-corrected chi connectivity index (χ0v) is 25.5. The van der Waals surface area contributed by atoms with Gasteiger partial charge in [-0.3, -0.25) is 19.4 Å². The maximum absolute atomic E-state index is 13.7.